The van der Waals surface area contributed by atoms with Crippen molar-refractivity contribution in [1.82, 2.24) is 0 Å². The molecule has 0 bridgehead atoms. The van der Waals surface area contributed by atoms with Gasteiger partial charge in [-0.2, -0.15) is 0 Å². The monoisotopic (exact) mass is 282 g/mol. The molecule has 1 saturated heterocycles. The number of esters is 1. The molecule has 19 heavy (non-hydrogen) atoms. The predicted molar refractivity (Wildman–Crippen MR) is 73.3 cm³/mol. The normalized spacial score (nSPS) is 17.9. The molecule has 0 aromatic heterocycles. The summed E-state index contributed by atoms with van der Waals surface area (Å²) in [4.78, 5) is 13.0. The molecule has 0 saturated carbocycles. The SMILES string of the molecule is COC(=O)C1(CSc2cccc(O)c2)CCOCC1. The lowest BCUT2D eigenvalue weighted by Gasteiger charge is -2.34. The summed E-state index contributed by atoms with van der Waals surface area (Å²) in [6.07, 6.45) is 1.37. The second-order valence-electron chi connectivity index (χ2n) is 4.67. The molecule has 5 heteroatoms. The third-order valence-corrected chi connectivity index (χ3v) is 4.69. The fourth-order valence-corrected chi connectivity index (χ4v) is 3.41. The zero-order chi connectivity index (χ0) is 13.7. The Morgan fingerprint density at radius 1 is 1.47 bits per heavy atom. The third-order valence-electron chi connectivity index (χ3n) is 3.40. The van der Waals surface area contributed by atoms with E-state index in [2.05, 4.69) is 0 Å². The topological polar surface area (TPSA) is 55.8 Å². The van der Waals surface area contributed by atoms with E-state index in [1.807, 2.05) is 6.07 Å². The van der Waals surface area contributed by atoms with Gasteiger partial charge in [0, 0.05) is 23.9 Å². The summed E-state index contributed by atoms with van der Waals surface area (Å²) in [7, 11) is 1.43. The Balaban J connectivity index is 2.06. The van der Waals surface area contributed by atoms with E-state index in [0.717, 1.165) is 4.90 Å². The molecule has 0 atom stereocenters. The van der Waals surface area contributed by atoms with Crippen molar-refractivity contribution in [2.45, 2.75) is 17.7 Å². The second kappa shape index (κ2) is 6.30. The van der Waals surface area contributed by atoms with Crippen LogP contribution < -0.4 is 0 Å². The Kier molecular flexibility index (Phi) is 4.71. The first-order chi connectivity index (χ1) is 9.16. The number of ether oxygens (including phenoxy) is 2. The Labute approximate surface area is 117 Å². The van der Waals surface area contributed by atoms with Gasteiger partial charge in [-0.1, -0.05) is 6.07 Å². The van der Waals surface area contributed by atoms with Crippen LogP contribution in [0.25, 0.3) is 0 Å². The van der Waals surface area contributed by atoms with Crippen molar-refractivity contribution in [3.05, 3.63) is 24.3 Å². The maximum absolute atomic E-state index is 12.0. The fraction of sp³-hybridized carbons (Fsp3) is 0.500. The van der Waals surface area contributed by atoms with Gasteiger partial charge in [0.15, 0.2) is 0 Å². The molecule has 1 N–H and O–H groups in total. The molecule has 4 nitrogen and oxygen atoms in total. The number of benzene rings is 1. The summed E-state index contributed by atoms with van der Waals surface area (Å²) in [5.74, 6) is 0.722. The van der Waals surface area contributed by atoms with E-state index in [1.54, 1.807) is 30.0 Å². The van der Waals surface area contributed by atoms with Crippen LogP contribution in [-0.4, -0.2) is 37.2 Å². The van der Waals surface area contributed by atoms with Crippen LogP contribution in [0.2, 0.25) is 0 Å². The molecular weight excluding hydrogens is 264 g/mol. The molecule has 0 unspecified atom stereocenters. The minimum Gasteiger partial charge on any atom is -0.508 e. The van der Waals surface area contributed by atoms with E-state index in [9.17, 15) is 9.90 Å². The van der Waals surface area contributed by atoms with Crippen LogP contribution >= 0.6 is 11.8 Å². The number of methoxy groups -OCH3 is 1. The van der Waals surface area contributed by atoms with Crippen molar-refractivity contribution >= 4 is 17.7 Å². The van der Waals surface area contributed by atoms with E-state index < -0.39 is 5.41 Å². The minimum absolute atomic E-state index is 0.163. The predicted octanol–water partition coefficient (Wildman–Crippen LogP) is 2.45. The smallest absolute Gasteiger partial charge is 0.312 e. The molecule has 1 aliphatic rings. The Hall–Kier alpha value is -1.20. The highest BCUT2D eigenvalue weighted by Gasteiger charge is 2.41. The van der Waals surface area contributed by atoms with Gasteiger partial charge in [0.25, 0.3) is 0 Å². The highest BCUT2D eigenvalue weighted by molar-refractivity contribution is 7.99. The average Bonchev–Trinajstić information content (AvgIpc) is 2.45. The third kappa shape index (κ3) is 3.42. The minimum atomic E-state index is -0.469. The van der Waals surface area contributed by atoms with Gasteiger partial charge in [0.05, 0.1) is 12.5 Å². The van der Waals surface area contributed by atoms with E-state index in [1.165, 1.54) is 7.11 Å². The number of rotatable bonds is 4. The first kappa shape index (κ1) is 14.2. The standard InChI is InChI=1S/C14H18O4S/c1-17-13(16)14(5-7-18-8-6-14)10-19-12-4-2-3-11(15)9-12/h2-4,9,15H,5-8,10H2,1H3. The van der Waals surface area contributed by atoms with Gasteiger partial charge in [-0.25, -0.2) is 0 Å². The van der Waals surface area contributed by atoms with E-state index in [-0.39, 0.29) is 11.7 Å². The van der Waals surface area contributed by atoms with Crippen LogP contribution in [0.3, 0.4) is 0 Å². The Bertz CT molecular complexity index is 441. The molecule has 1 aromatic carbocycles. The largest absolute Gasteiger partial charge is 0.508 e. The summed E-state index contributed by atoms with van der Waals surface area (Å²) in [6.45, 7) is 1.19. The highest BCUT2D eigenvalue weighted by Crippen LogP contribution is 2.38. The Morgan fingerprint density at radius 3 is 2.84 bits per heavy atom. The summed E-state index contributed by atoms with van der Waals surface area (Å²) >= 11 is 1.57. The first-order valence-electron chi connectivity index (χ1n) is 6.24. The van der Waals surface area contributed by atoms with Crippen molar-refractivity contribution in [3.63, 3.8) is 0 Å². The van der Waals surface area contributed by atoms with Crippen LogP contribution in [0.1, 0.15) is 12.8 Å². The number of aromatic hydroxyl groups is 1. The van der Waals surface area contributed by atoms with Crippen LogP contribution in [0.5, 0.6) is 5.75 Å². The van der Waals surface area contributed by atoms with Crippen LogP contribution in [0.15, 0.2) is 29.2 Å². The summed E-state index contributed by atoms with van der Waals surface area (Å²) in [5, 5.41) is 9.44. The maximum Gasteiger partial charge on any atom is 0.312 e. The number of phenolic OH excluding ortho intramolecular Hbond substituents is 1. The molecule has 1 heterocycles. The first-order valence-corrected chi connectivity index (χ1v) is 7.23. The quantitative estimate of drug-likeness (QED) is 0.679. The summed E-state index contributed by atoms with van der Waals surface area (Å²) in [5.41, 5.74) is -0.469. The number of hydrogen-bond donors (Lipinski definition) is 1. The van der Waals surface area contributed by atoms with Crippen LogP contribution in [0.4, 0.5) is 0 Å². The molecule has 0 aliphatic carbocycles. The number of thioether (sulfide) groups is 1. The zero-order valence-electron chi connectivity index (χ0n) is 10.9. The number of phenols is 1. The molecule has 0 spiro atoms. The molecule has 2 rings (SSSR count). The van der Waals surface area contributed by atoms with Gasteiger partial charge in [0.1, 0.15) is 5.75 Å². The maximum atomic E-state index is 12.0. The average molecular weight is 282 g/mol. The lowest BCUT2D eigenvalue weighted by Crippen LogP contribution is -2.40. The van der Waals surface area contributed by atoms with E-state index >= 15 is 0 Å². The van der Waals surface area contributed by atoms with Crippen LogP contribution in [-0.2, 0) is 14.3 Å². The summed E-state index contributed by atoms with van der Waals surface area (Å²) in [6, 6.07) is 7.06. The highest BCUT2D eigenvalue weighted by atomic mass is 32.2. The van der Waals surface area contributed by atoms with Gasteiger partial charge < -0.3 is 14.6 Å². The van der Waals surface area contributed by atoms with Crippen molar-refractivity contribution in [2.75, 3.05) is 26.1 Å². The van der Waals surface area contributed by atoms with Gasteiger partial charge in [-0.3, -0.25) is 4.79 Å². The van der Waals surface area contributed by atoms with E-state index in [0.29, 0.717) is 31.8 Å². The summed E-state index contributed by atoms with van der Waals surface area (Å²) < 4.78 is 10.3. The second-order valence-corrected chi connectivity index (χ2v) is 5.72. The zero-order valence-corrected chi connectivity index (χ0v) is 11.7. The number of carbonyl (C=O) groups excluding carboxylic acids is 1. The van der Waals surface area contributed by atoms with Crippen molar-refractivity contribution < 1.29 is 19.4 Å². The molecule has 1 aliphatic heterocycles. The van der Waals surface area contributed by atoms with Crippen molar-refractivity contribution in [1.29, 1.82) is 0 Å². The van der Waals surface area contributed by atoms with Gasteiger partial charge >= 0.3 is 5.97 Å². The molecule has 0 amide bonds. The van der Waals surface area contributed by atoms with Gasteiger partial charge in [0.2, 0.25) is 0 Å². The lowest BCUT2D eigenvalue weighted by molar-refractivity contribution is -0.156. The van der Waals surface area contributed by atoms with Crippen molar-refractivity contribution in [3.8, 4) is 5.75 Å². The molecule has 104 valence electrons. The molecule has 1 aromatic rings. The number of hydrogen-bond acceptors (Lipinski definition) is 5. The van der Waals surface area contributed by atoms with Gasteiger partial charge in [-0.15, -0.1) is 11.8 Å². The molecular formula is C14H18O4S. The molecule has 0 radical (unpaired) electrons. The van der Waals surface area contributed by atoms with E-state index in [4.69, 9.17) is 9.47 Å². The lowest BCUT2D eigenvalue weighted by atomic mass is 9.82. The van der Waals surface area contributed by atoms with Crippen LogP contribution in [0, 0.1) is 5.41 Å². The number of carbonyl (C=O) groups is 1. The van der Waals surface area contributed by atoms with Gasteiger partial charge in [-0.05, 0) is 31.0 Å². The Morgan fingerprint density at radius 2 is 2.21 bits per heavy atom. The fourth-order valence-electron chi connectivity index (χ4n) is 2.18. The molecule has 1 fully saturated rings. The van der Waals surface area contributed by atoms with Crippen molar-refractivity contribution in [2.24, 2.45) is 5.41 Å².